The van der Waals surface area contributed by atoms with Crippen LogP contribution in [0.15, 0.2) is 83.7 Å². The van der Waals surface area contributed by atoms with Crippen LogP contribution in [0, 0.1) is 0 Å². The third-order valence-corrected chi connectivity index (χ3v) is 4.77. The van der Waals surface area contributed by atoms with Gasteiger partial charge >= 0.3 is 0 Å². The summed E-state index contributed by atoms with van der Waals surface area (Å²) in [6.45, 7) is -0.149. The fourth-order valence-corrected chi connectivity index (χ4v) is 3.25. The van der Waals surface area contributed by atoms with Gasteiger partial charge in [-0.2, -0.15) is 0 Å². The number of nitrogens with one attached hydrogen (secondary N) is 1. The van der Waals surface area contributed by atoms with Crippen LogP contribution in [-0.4, -0.2) is 22.6 Å². The molecule has 0 aliphatic carbocycles. The van der Waals surface area contributed by atoms with E-state index in [0.29, 0.717) is 22.4 Å². The van der Waals surface area contributed by atoms with Gasteiger partial charge in [-0.05, 0) is 48.0 Å². The van der Waals surface area contributed by atoms with Gasteiger partial charge < -0.3 is 10.1 Å². The highest BCUT2D eigenvalue weighted by Crippen LogP contribution is 2.16. The molecule has 1 amide bonds. The maximum Gasteiger partial charge on any atom is 0.262 e. The minimum absolute atomic E-state index is 0.149. The summed E-state index contributed by atoms with van der Waals surface area (Å²) < 4.78 is 6.65. The van der Waals surface area contributed by atoms with Gasteiger partial charge in [-0.3, -0.25) is 14.2 Å². The molecule has 0 aliphatic heterocycles. The van der Waals surface area contributed by atoms with Crippen LogP contribution in [0.2, 0.25) is 0 Å². The SMILES string of the molecule is COc1cccc(/C=C/c2nc3ccccc3c(=O)n2CC(=O)Nc2ccccc2)c1. The molecule has 0 saturated carbocycles. The topological polar surface area (TPSA) is 73.2 Å². The lowest BCUT2D eigenvalue weighted by molar-refractivity contribution is -0.116. The predicted molar refractivity (Wildman–Crippen MR) is 123 cm³/mol. The minimum atomic E-state index is -0.304. The van der Waals surface area contributed by atoms with Crippen molar-refractivity contribution >= 4 is 34.6 Å². The van der Waals surface area contributed by atoms with Crippen molar-refractivity contribution in [1.29, 1.82) is 0 Å². The van der Waals surface area contributed by atoms with E-state index in [2.05, 4.69) is 10.3 Å². The van der Waals surface area contributed by atoms with Crippen molar-refractivity contribution in [3.63, 3.8) is 0 Å². The van der Waals surface area contributed by atoms with Crippen LogP contribution in [0.4, 0.5) is 5.69 Å². The zero-order valence-electron chi connectivity index (χ0n) is 17.0. The highest BCUT2D eigenvalue weighted by atomic mass is 16.5. The fourth-order valence-electron chi connectivity index (χ4n) is 3.25. The van der Waals surface area contributed by atoms with Crippen molar-refractivity contribution in [1.82, 2.24) is 9.55 Å². The van der Waals surface area contributed by atoms with Crippen molar-refractivity contribution in [3.8, 4) is 5.75 Å². The number of fused-ring (bicyclic) bond motifs is 1. The molecule has 6 heteroatoms. The quantitative estimate of drug-likeness (QED) is 0.516. The molecule has 0 spiro atoms. The molecular formula is C25H21N3O3. The van der Waals surface area contributed by atoms with Crippen LogP contribution in [0.5, 0.6) is 5.75 Å². The molecule has 0 bridgehead atoms. The normalized spacial score (nSPS) is 11.0. The third-order valence-electron chi connectivity index (χ3n) is 4.77. The first-order valence-corrected chi connectivity index (χ1v) is 9.80. The van der Waals surface area contributed by atoms with Crippen LogP contribution in [0.25, 0.3) is 23.1 Å². The number of amides is 1. The Kier molecular flexibility index (Phi) is 5.89. The number of aromatic nitrogens is 2. The number of carbonyl (C=O) groups is 1. The second-order valence-corrected chi connectivity index (χ2v) is 6.90. The molecule has 0 radical (unpaired) electrons. The zero-order valence-corrected chi connectivity index (χ0v) is 17.0. The molecule has 0 saturated heterocycles. The Hall–Kier alpha value is -4.19. The Morgan fingerprint density at radius 2 is 1.77 bits per heavy atom. The Labute approximate surface area is 179 Å². The van der Waals surface area contributed by atoms with Crippen molar-refractivity contribution in [2.45, 2.75) is 6.54 Å². The molecule has 0 fully saturated rings. The highest BCUT2D eigenvalue weighted by Gasteiger charge is 2.13. The van der Waals surface area contributed by atoms with Gasteiger partial charge in [0.25, 0.3) is 5.56 Å². The molecule has 154 valence electrons. The number of anilines is 1. The lowest BCUT2D eigenvalue weighted by Gasteiger charge is -2.12. The Bertz CT molecular complexity index is 1310. The largest absolute Gasteiger partial charge is 0.497 e. The van der Waals surface area contributed by atoms with Gasteiger partial charge in [-0.25, -0.2) is 4.98 Å². The zero-order chi connectivity index (χ0) is 21.6. The fraction of sp³-hybridized carbons (Fsp3) is 0.0800. The summed E-state index contributed by atoms with van der Waals surface area (Å²) >= 11 is 0. The van der Waals surface area contributed by atoms with Gasteiger partial charge in [0, 0.05) is 5.69 Å². The van der Waals surface area contributed by atoms with Crippen molar-refractivity contribution in [2.75, 3.05) is 12.4 Å². The molecule has 1 aromatic heterocycles. The first-order chi connectivity index (χ1) is 15.1. The first kappa shape index (κ1) is 20.1. The maximum absolute atomic E-state index is 13.1. The Balaban J connectivity index is 1.71. The summed E-state index contributed by atoms with van der Waals surface area (Å²) in [5, 5.41) is 3.28. The van der Waals surface area contributed by atoms with E-state index in [4.69, 9.17) is 4.74 Å². The molecule has 4 aromatic rings. The van der Waals surface area contributed by atoms with Gasteiger partial charge in [0.1, 0.15) is 18.1 Å². The number of nitrogens with zero attached hydrogens (tertiary/aromatic N) is 2. The maximum atomic E-state index is 13.1. The number of methoxy groups -OCH3 is 1. The molecule has 3 aromatic carbocycles. The monoisotopic (exact) mass is 411 g/mol. The van der Waals surface area contributed by atoms with E-state index in [9.17, 15) is 9.59 Å². The van der Waals surface area contributed by atoms with E-state index in [1.807, 2.05) is 54.6 Å². The first-order valence-electron chi connectivity index (χ1n) is 9.80. The predicted octanol–water partition coefficient (Wildman–Crippen LogP) is 4.21. The molecule has 4 rings (SSSR count). The number of hydrogen-bond acceptors (Lipinski definition) is 4. The molecule has 1 heterocycles. The van der Waals surface area contributed by atoms with E-state index in [1.165, 1.54) is 4.57 Å². The summed E-state index contributed by atoms with van der Waals surface area (Å²) in [7, 11) is 1.61. The highest BCUT2D eigenvalue weighted by molar-refractivity contribution is 5.91. The average molecular weight is 411 g/mol. The van der Waals surface area contributed by atoms with Gasteiger partial charge in [0.15, 0.2) is 0 Å². The number of para-hydroxylation sites is 2. The van der Waals surface area contributed by atoms with Crippen molar-refractivity contribution in [3.05, 3.63) is 101 Å². The molecule has 0 unspecified atom stereocenters. The second kappa shape index (κ2) is 9.09. The molecule has 0 aliphatic rings. The van der Waals surface area contributed by atoms with E-state index in [-0.39, 0.29) is 18.0 Å². The minimum Gasteiger partial charge on any atom is -0.497 e. The van der Waals surface area contributed by atoms with Crippen molar-refractivity contribution in [2.24, 2.45) is 0 Å². The van der Waals surface area contributed by atoms with Crippen LogP contribution in [-0.2, 0) is 11.3 Å². The Morgan fingerprint density at radius 3 is 2.58 bits per heavy atom. The number of carbonyl (C=O) groups excluding carboxylic acids is 1. The second-order valence-electron chi connectivity index (χ2n) is 6.90. The van der Waals surface area contributed by atoms with Gasteiger partial charge in [-0.1, -0.05) is 48.5 Å². The molecule has 0 atom stereocenters. The third kappa shape index (κ3) is 4.70. The lowest BCUT2D eigenvalue weighted by Crippen LogP contribution is -2.30. The van der Waals surface area contributed by atoms with Crippen LogP contribution in [0.3, 0.4) is 0 Å². The molecule has 6 nitrogen and oxygen atoms in total. The Morgan fingerprint density at radius 1 is 1.00 bits per heavy atom. The number of benzene rings is 3. The lowest BCUT2D eigenvalue weighted by atomic mass is 10.2. The van der Waals surface area contributed by atoms with E-state index < -0.39 is 0 Å². The smallest absolute Gasteiger partial charge is 0.262 e. The van der Waals surface area contributed by atoms with Crippen LogP contribution in [0.1, 0.15) is 11.4 Å². The number of ether oxygens (including phenoxy) is 1. The summed E-state index contributed by atoms with van der Waals surface area (Å²) in [5.41, 5.74) is 1.88. The molecule has 31 heavy (non-hydrogen) atoms. The average Bonchev–Trinajstić information content (AvgIpc) is 2.80. The van der Waals surface area contributed by atoms with Gasteiger partial charge in [-0.15, -0.1) is 0 Å². The number of hydrogen-bond donors (Lipinski definition) is 1. The number of rotatable bonds is 6. The summed E-state index contributed by atoms with van der Waals surface area (Å²) in [6.07, 6.45) is 3.57. The summed E-state index contributed by atoms with van der Waals surface area (Å²) in [4.78, 5) is 30.4. The standard InChI is InChI=1S/C25H21N3O3/c1-31-20-11-7-8-18(16-20)14-15-23-27-22-13-6-5-12-21(22)25(30)28(23)17-24(29)26-19-9-3-2-4-10-19/h2-16H,17H2,1H3,(H,26,29)/b15-14+. The van der Waals surface area contributed by atoms with E-state index in [0.717, 1.165) is 11.3 Å². The van der Waals surface area contributed by atoms with Crippen molar-refractivity contribution < 1.29 is 9.53 Å². The van der Waals surface area contributed by atoms with E-state index in [1.54, 1.807) is 43.5 Å². The van der Waals surface area contributed by atoms with Crippen LogP contribution >= 0.6 is 0 Å². The molecule has 1 N–H and O–H groups in total. The summed E-state index contributed by atoms with van der Waals surface area (Å²) in [6, 6.07) is 23.8. The van der Waals surface area contributed by atoms with Gasteiger partial charge in [0.2, 0.25) is 5.91 Å². The summed E-state index contributed by atoms with van der Waals surface area (Å²) in [5.74, 6) is 0.824. The van der Waals surface area contributed by atoms with E-state index >= 15 is 0 Å². The van der Waals surface area contributed by atoms with Crippen LogP contribution < -0.4 is 15.6 Å². The van der Waals surface area contributed by atoms with Gasteiger partial charge in [0.05, 0.1) is 18.0 Å². The molecular weight excluding hydrogens is 390 g/mol.